The molecule has 0 spiro atoms. The number of urea groups is 1. The molecule has 134 valence electrons. The Morgan fingerprint density at radius 2 is 1.96 bits per heavy atom. The molecule has 0 unspecified atom stereocenters. The lowest BCUT2D eigenvalue weighted by Gasteiger charge is -2.29. The van der Waals surface area contributed by atoms with Crippen molar-refractivity contribution in [3.05, 3.63) is 46.2 Å². The molecule has 26 heavy (non-hydrogen) atoms. The van der Waals surface area contributed by atoms with Crippen molar-refractivity contribution < 1.29 is 14.4 Å². The van der Waals surface area contributed by atoms with Gasteiger partial charge in [0, 0.05) is 29.3 Å². The van der Waals surface area contributed by atoms with Gasteiger partial charge in [-0.15, -0.1) is 11.3 Å². The van der Waals surface area contributed by atoms with Crippen LogP contribution in [-0.4, -0.2) is 42.4 Å². The molecule has 0 atom stereocenters. The number of nitrogens with one attached hydrogen (secondary N) is 2. The molecule has 0 bridgehead atoms. The van der Waals surface area contributed by atoms with Gasteiger partial charge < -0.3 is 15.1 Å². The summed E-state index contributed by atoms with van der Waals surface area (Å²) in [7, 11) is 0. The SMILES string of the molecule is O=C1CN(CC(=O)Nc2ccc(N3CCc4sccc4C3)cc2)C(=O)N1. The molecule has 1 saturated heterocycles. The monoisotopic (exact) mass is 370 g/mol. The summed E-state index contributed by atoms with van der Waals surface area (Å²) in [6, 6.07) is 9.33. The smallest absolute Gasteiger partial charge is 0.325 e. The quantitative estimate of drug-likeness (QED) is 0.804. The fraction of sp³-hybridized carbons (Fsp3) is 0.278. The first-order valence-corrected chi connectivity index (χ1v) is 9.25. The van der Waals surface area contributed by atoms with Crippen LogP contribution in [0.1, 0.15) is 10.4 Å². The summed E-state index contributed by atoms with van der Waals surface area (Å²) in [6.45, 7) is 1.66. The summed E-state index contributed by atoms with van der Waals surface area (Å²) >= 11 is 1.82. The Bertz CT molecular complexity index is 862. The minimum Gasteiger partial charge on any atom is -0.367 e. The highest BCUT2D eigenvalue weighted by atomic mass is 32.1. The maximum Gasteiger partial charge on any atom is 0.325 e. The van der Waals surface area contributed by atoms with E-state index in [1.807, 2.05) is 35.6 Å². The Hall–Kier alpha value is -2.87. The van der Waals surface area contributed by atoms with Gasteiger partial charge in [0.25, 0.3) is 0 Å². The zero-order chi connectivity index (χ0) is 18.1. The zero-order valence-corrected chi connectivity index (χ0v) is 14.8. The third kappa shape index (κ3) is 3.41. The highest BCUT2D eigenvalue weighted by Crippen LogP contribution is 2.28. The first-order chi connectivity index (χ1) is 12.6. The zero-order valence-electron chi connectivity index (χ0n) is 14.0. The van der Waals surface area contributed by atoms with Crippen LogP contribution in [0.3, 0.4) is 0 Å². The van der Waals surface area contributed by atoms with Gasteiger partial charge in [-0.05, 0) is 47.7 Å². The topological polar surface area (TPSA) is 81.8 Å². The van der Waals surface area contributed by atoms with Crippen molar-refractivity contribution in [1.82, 2.24) is 10.2 Å². The lowest BCUT2D eigenvalue weighted by atomic mass is 10.1. The average Bonchev–Trinajstić information content (AvgIpc) is 3.21. The summed E-state index contributed by atoms with van der Waals surface area (Å²) in [5.41, 5.74) is 3.17. The van der Waals surface area contributed by atoms with Crippen molar-refractivity contribution >= 4 is 40.6 Å². The number of imide groups is 1. The molecule has 2 aliphatic heterocycles. The number of carbonyl (C=O) groups excluding carboxylic acids is 3. The predicted molar refractivity (Wildman–Crippen MR) is 99.3 cm³/mol. The normalized spacial score (nSPS) is 16.5. The number of benzene rings is 1. The molecule has 3 heterocycles. The third-order valence-electron chi connectivity index (χ3n) is 4.53. The number of amides is 4. The largest absolute Gasteiger partial charge is 0.367 e. The molecule has 4 rings (SSSR count). The van der Waals surface area contributed by atoms with Gasteiger partial charge in [0.15, 0.2) is 0 Å². The number of carbonyl (C=O) groups is 3. The van der Waals surface area contributed by atoms with Crippen LogP contribution in [0.4, 0.5) is 16.2 Å². The maximum atomic E-state index is 12.1. The van der Waals surface area contributed by atoms with E-state index in [9.17, 15) is 14.4 Å². The molecule has 1 aromatic carbocycles. The molecule has 0 radical (unpaired) electrons. The number of thiophene rings is 1. The van der Waals surface area contributed by atoms with Crippen molar-refractivity contribution in [2.24, 2.45) is 0 Å². The maximum absolute atomic E-state index is 12.1. The molecular weight excluding hydrogens is 352 g/mol. The number of hydrogen-bond acceptors (Lipinski definition) is 5. The molecule has 0 aliphatic carbocycles. The molecule has 2 aliphatic rings. The second-order valence-electron chi connectivity index (χ2n) is 6.35. The lowest BCUT2D eigenvalue weighted by molar-refractivity contribution is -0.119. The molecule has 7 nitrogen and oxygen atoms in total. The molecule has 1 aromatic heterocycles. The van der Waals surface area contributed by atoms with Gasteiger partial charge in [-0.1, -0.05) is 0 Å². The molecular formula is C18H18N4O3S. The van der Waals surface area contributed by atoms with E-state index in [4.69, 9.17) is 0 Å². The van der Waals surface area contributed by atoms with Crippen molar-refractivity contribution in [2.45, 2.75) is 13.0 Å². The molecule has 1 fully saturated rings. The van der Waals surface area contributed by atoms with E-state index in [1.54, 1.807) is 0 Å². The van der Waals surface area contributed by atoms with Crippen molar-refractivity contribution in [2.75, 3.05) is 29.9 Å². The van der Waals surface area contributed by atoms with Gasteiger partial charge in [0.05, 0.1) is 0 Å². The van der Waals surface area contributed by atoms with Gasteiger partial charge in [-0.3, -0.25) is 14.9 Å². The number of nitrogens with zero attached hydrogens (tertiary/aromatic N) is 2. The highest BCUT2D eigenvalue weighted by Gasteiger charge is 2.28. The Kier molecular flexibility index (Phi) is 4.34. The lowest BCUT2D eigenvalue weighted by Crippen LogP contribution is -2.35. The fourth-order valence-electron chi connectivity index (χ4n) is 3.21. The molecule has 4 amide bonds. The summed E-state index contributed by atoms with van der Waals surface area (Å²) in [5.74, 6) is -0.717. The van der Waals surface area contributed by atoms with Crippen LogP contribution in [-0.2, 0) is 22.6 Å². The summed E-state index contributed by atoms with van der Waals surface area (Å²) in [4.78, 5) is 39.6. The standard InChI is InChI=1S/C18H18N4O3S/c23-16(10-22-11-17(24)20-18(22)25)19-13-1-3-14(4-2-13)21-7-5-15-12(9-21)6-8-26-15/h1-4,6,8H,5,7,9-11H2,(H,19,23)(H,20,24,25). The third-order valence-corrected chi connectivity index (χ3v) is 5.55. The van der Waals surface area contributed by atoms with Crippen LogP contribution < -0.4 is 15.5 Å². The average molecular weight is 370 g/mol. The van der Waals surface area contributed by atoms with Crippen LogP contribution in [0.15, 0.2) is 35.7 Å². The van der Waals surface area contributed by atoms with Crippen LogP contribution in [0.2, 0.25) is 0 Å². The van der Waals surface area contributed by atoms with Gasteiger partial charge in [-0.2, -0.15) is 0 Å². The van der Waals surface area contributed by atoms with Crippen molar-refractivity contribution in [3.63, 3.8) is 0 Å². The number of hydrogen-bond donors (Lipinski definition) is 2. The Labute approximate surface area is 154 Å². The van der Waals surface area contributed by atoms with Crippen LogP contribution in [0.25, 0.3) is 0 Å². The van der Waals surface area contributed by atoms with Gasteiger partial charge in [-0.25, -0.2) is 4.79 Å². The van der Waals surface area contributed by atoms with Crippen molar-refractivity contribution in [3.8, 4) is 0 Å². The minimum absolute atomic E-state index is 0.0786. The molecule has 2 N–H and O–H groups in total. The van der Waals surface area contributed by atoms with Gasteiger partial charge in [0.1, 0.15) is 13.1 Å². The van der Waals surface area contributed by atoms with Crippen LogP contribution in [0.5, 0.6) is 0 Å². The summed E-state index contributed by atoms with van der Waals surface area (Å²) in [6.07, 6.45) is 1.06. The predicted octanol–water partition coefficient (Wildman–Crippen LogP) is 1.80. The van der Waals surface area contributed by atoms with E-state index in [0.29, 0.717) is 5.69 Å². The van der Waals surface area contributed by atoms with E-state index < -0.39 is 6.03 Å². The summed E-state index contributed by atoms with van der Waals surface area (Å²) in [5, 5.41) is 7.05. The Balaban J connectivity index is 1.35. The first kappa shape index (κ1) is 16.6. The van der Waals surface area contributed by atoms with E-state index >= 15 is 0 Å². The fourth-order valence-corrected chi connectivity index (χ4v) is 4.10. The summed E-state index contributed by atoms with van der Waals surface area (Å²) < 4.78 is 0. The van der Waals surface area contributed by atoms with Crippen molar-refractivity contribution in [1.29, 1.82) is 0 Å². The molecule has 8 heteroatoms. The van der Waals surface area contributed by atoms with Crippen LogP contribution >= 0.6 is 11.3 Å². The molecule has 2 aromatic rings. The second-order valence-corrected chi connectivity index (χ2v) is 7.35. The number of rotatable bonds is 4. The van der Waals surface area contributed by atoms with E-state index in [0.717, 1.165) is 25.2 Å². The van der Waals surface area contributed by atoms with E-state index in [-0.39, 0.29) is 24.9 Å². The number of fused-ring (bicyclic) bond motifs is 1. The van der Waals surface area contributed by atoms with E-state index in [1.165, 1.54) is 15.3 Å². The number of anilines is 2. The van der Waals surface area contributed by atoms with Crippen LogP contribution in [0, 0.1) is 0 Å². The Morgan fingerprint density at radius 1 is 1.15 bits per heavy atom. The second kappa shape index (κ2) is 6.80. The first-order valence-electron chi connectivity index (χ1n) is 8.37. The van der Waals surface area contributed by atoms with Gasteiger partial charge >= 0.3 is 6.03 Å². The Morgan fingerprint density at radius 3 is 2.69 bits per heavy atom. The minimum atomic E-state index is -0.529. The van der Waals surface area contributed by atoms with Gasteiger partial charge in [0.2, 0.25) is 11.8 Å². The van der Waals surface area contributed by atoms with E-state index in [2.05, 4.69) is 27.0 Å². The highest BCUT2D eigenvalue weighted by molar-refractivity contribution is 7.10. The molecule has 0 saturated carbocycles.